The number of anilines is 1. The third kappa shape index (κ3) is 6.02. The molecule has 5 rings (SSSR count). The van der Waals surface area contributed by atoms with E-state index in [1.165, 1.54) is 18.1 Å². The molecular weight excluding hydrogens is 539 g/mol. The molecule has 1 fully saturated rings. The molecule has 3 aromatic heterocycles. The van der Waals surface area contributed by atoms with Crippen LogP contribution in [0.25, 0.3) is 21.1 Å². The number of hydrogen-bond donors (Lipinski definition) is 3. The molecule has 210 valence electrons. The monoisotopic (exact) mass is 569 g/mol. The van der Waals surface area contributed by atoms with Crippen molar-refractivity contribution in [3.05, 3.63) is 74.8 Å². The van der Waals surface area contributed by atoms with Gasteiger partial charge in [0.2, 0.25) is 0 Å². The van der Waals surface area contributed by atoms with Gasteiger partial charge in [-0.15, -0.1) is 11.3 Å². The second-order valence-corrected chi connectivity index (χ2v) is 11.2. The van der Waals surface area contributed by atoms with E-state index < -0.39 is 12.6 Å². The first-order valence-electron chi connectivity index (χ1n) is 13.0. The maximum absolute atomic E-state index is 12.9. The van der Waals surface area contributed by atoms with Crippen LogP contribution in [-0.2, 0) is 19.5 Å². The molecule has 0 bridgehead atoms. The van der Waals surface area contributed by atoms with E-state index in [4.69, 9.17) is 11.1 Å². The Hall–Kier alpha value is -3.77. The highest BCUT2D eigenvalue weighted by Gasteiger charge is 2.29. The van der Waals surface area contributed by atoms with Crippen LogP contribution in [0.4, 0.5) is 19.0 Å². The zero-order chi connectivity index (χ0) is 28.4. The van der Waals surface area contributed by atoms with Gasteiger partial charge in [-0.2, -0.15) is 13.2 Å². The van der Waals surface area contributed by atoms with Crippen molar-refractivity contribution in [2.24, 2.45) is 5.73 Å². The standard InChI is InChI=1S/C28H30F3N7OS/c1-17-19(2-4-24-22(17)3-5-25(39)38(24)14-18(12-32)13-33)15-37-8-6-20(7-9-37)36-26-23-10-21(11-28(29,30)31)40-27(23)35-16-34-26/h2-5,10,12-13,16,20,32H,6-9,11,14-15,33H2,1H3,(H,34,35,36)/b18-13+,32-12?. The molecule has 8 nitrogen and oxygen atoms in total. The van der Waals surface area contributed by atoms with E-state index in [9.17, 15) is 18.0 Å². The van der Waals surface area contributed by atoms with Crippen LogP contribution >= 0.6 is 11.3 Å². The average molecular weight is 570 g/mol. The maximum Gasteiger partial charge on any atom is 0.393 e. The predicted molar refractivity (Wildman–Crippen MR) is 153 cm³/mol. The van der Waals surface area contributed by atoms with Gasteiger partial charge in [-0.05, 0) is 49.1 Å². The van der Waals surface area contributed by atoms with Gasteiger partial charge in [0.05, 0.1) is 23.9 Å². The molecule has 40 heavy (non-hydrogen) atoms. The molecule has 1 aliphatic heterocycles. The number of benzene rings is 1. The van der Waals surface area contributed by atoms with Crippen LogP contribution in [0.3, 0.4) is 0 Å². The predicted octanol–water partition coefficient (Wildman–Crippen LogP) is 4.99. The molecule has 0 unspecified atom stereocenters. The normalized spacial score (nSPS) is 15.7. The highest BCUT2D eigenvalue weighted by atomic mass is 32.1. The third-order valence-electron chi connectivity index (χ3n) is 7.37. The number of nitrogens with zero attached hydrogens (tertiary/aromatic N) is 4. The molecule has 0 amide bonds. The van der Waals surface area contributed by atoms with Gasteiger partial charge >= 0.3 is 6.18 Å². The number of hydrogen-bond acceptors (Lipinski definition) is 8. The number of nitrogens with one attached hydrogen (secondary N) is 2. The summed E-state index contributed by atoms with van der Waals surface area (Å²) in [6, 6.07) is 9.13. The fourth-order valence-corrected chi connectivity index (χ4v) is 6.23. The van der Waals surface area contributed by atoms with E-state index in [0.29, 0.717) is 21.6 Å². The number of likely N-dealkylation sites (tertiary alicyclic amines) is 1. The minimum Gasteiger partial charge on any atom is -0.404 e. The Bertz CT molecular complexity index is 1630. The number of aryl methyl sites for hydroxylation is 1. The summed E-state index contributed by atoms with van der Waals surface area (Å²) in [5.74, 6) is 0.584. The molecule has 4 heterocycles. The second kappa shape index (κ2) is 11.4. The number of pyridine rings is 1. The number of piperidine rings is 1. The van der Waals surface area contributed by atoms with Gasteiger partial charge < -0.3 is 21.0 Å². The van der Waals surface area contributed by atoms with E-state index in [-0.39, 0.29) is 23.0 Å². The first-order valence-corrected chi connectivity index (χ1v) is 13.8. The SMILES string of the molecule is Cc1c(CN2CCC(Nc3ncnc4sc(CC(F)(F)F)cc34)CC2)ccc2c1ccc(=O)n2C/C(C=N)=C/N. The van der Waals surface area contributed by atoms with Gasteiger partial charge in [-0.25, -0.2) is 9.97 Å². The zero-order valence-electron chi connectivity index (χ0n) is 22.0. The van der Waals surface area contributed by atoms with Crippen LogP contribution in [0, 0.1) is 12.3 Å². The van der Waals surface area contributed by atoms with E-state index in [2.05, 4.69) is 33.2 Å². The minimum atomic E-state index is -4.26. The largest absolute Gasteiger partial charge is 0.404 e. The number of allylic oxidation sites excluding steroid dienone is 1. The lowest BCUT2D eigenvalue weighted by atomic mass is 10.00. The fourth-order valence-electron chi connectivity index (χ4n) is 5.21. The molecule has 1 aliphatic rings. The molecular formula is C28H30F3N7OS. The van der Waals surface area contributed by atoms with Crippen molar-refractivity contribution in [1.29, 1.82) is 5.41 Å². The molecule has 1 saturated heterocycles. The summed E-state index contributed by atoms with van der Waals surface area (Å²) in [5.41, 5.74) is 9.10. The van der Waals surface area contributed by atoms with Gasteiger partial charge in [0.1, 0.15) is 17.0 Å². The van der Waals surface area contributed by atoms with Crippen molar-refractivity contribution in [2.45, 2.75) is 51.5 Å². The molecule has 0 radical (unpaired) electrons. The molecule has 12 heteroatoms. The first kappa shape index (κ1) is 27.8. The molecule has 0 spiro atoms. The van der Waals surface area contributed by atoms with Crippen LogP contribution in [0.1, 0.15) is 28.8 Å². The summed E-state index contributed by atoms with van der Waals surface area (Å²) in [6.07, 6.45) is 0.414. The molecule has 4 N–H and O–H groups in total. The van der Waals surface area contributed by atoms with Crippen LogP contribution in [0.2, 0.25) is 0 Å². The van der Waals surface area contributed by atoms with E-state index in [1.54, 1.807) is 16.7 Å². The smallest absolute Gasteiger partial charge is 0.393 e. The average Bonchev–Trinajstić information content (AvgIpc) is 3.32. The van der Waals surface area contributed by atoms with Crippen molar-refractivity contribution in [1.82, 2.24) is 19.4 Å². The number of nitrogens with two attached hydrogens (primary N) is 1. The zero-order valence-corrected chi connectivity index (χ0v) is 22.8. The highest BCUT2D eigenvalue weighted by molar-refractivity contribution is 7.18. The Labute approximate surface area is 232 Å². The van der Waals surface area contributed by atoms with Crippen molar-refractivity contribution in [3.63, 3.8) is 0 Å². The minimum absolute atomic E-state index is 0.143. The molecule has 0 aliphatic carbocycles. The van der Waals surface area contributed by atoms with Gasteiger partial charge in [0.15, 0.2) is 0 Å². The molecule has 4 aromatic rings. The fraction of sp³-hybridized carbons (Fsp3) is 0.357. The van der Waals surface area contributed by atoms with Gasteiger partial charge in [-0.3, -0.25) is 9.69 Å². The second-order valence-electron chi connectivity index (χ2n) is 10.1. The van der Waals surface area contributed by atoms with Crippen molar-refractivity contribution in [2.75, 3.05) is 18.4 Å². The number of fused-ring (bicyclic) bond motifs is 2. The van der Waals surface area contributed by atoms with E-state index in [1.807, 2.05) is 12.1 Å². The Morgan fingerprint density at radius 3 is 2.67 bits per heavy atom. The van der Waals surface area contributed by atoms with Crippen molar-refractivity contribution < 1.29 is 13.2 Å². The summed E-state index contributed by atoms with van der Waals surface area (Å²) >= 11 is 1.05. The van der Waals surface area contributed by atoms with Crippen molar-refractivity contribution >= 4 is 44.5 Å². The van der Waals surface area contributed by atoms with E-state index in [0.717, 1.165) is 66.5 Å². The maximum atomic E-state index is 12.9. The van der Waals surface area contributed by atoms with Crippen LogP contribution < -0.4 is 16.6 Å². The molecule has 1 aromatic carbocycles. The highest BCUT2D eigenvalue weighted by Crippen LogP contribution is 2.33. The lowest BCUT2D eigenvalue weighted by Crippen LogP contribution is -2.39. The Morgan fingerprint density at radius 2 is 1.98 bits per heavy atom. The number of rotatable bonds is 8. The van der Waals surface area contributed by atoms with E-state index >= 15 is 0 Å². The Kier molecular flexibility index (Phi) is 7.90. The summed E-state index contributed by atoms with van der Waals surface area (Å²) in [6.45, 7) is 4.78. The molecule has 0 saturated carbocycles. The number of halogens is 3. The summed E-state index contributed by atoms with van der Waals surface area (Å²) in [5, 5.41) is 12.6. The number of thiophene rings is 1. The van der Waals surface area contributed by atoms with Gasteiger partial charge in [-0.1, -0.05) is 6.07 Å². The summed E-state index contributed by atoms with van der Waals surface area (Å²) < 4.78 is 40.2. The first-order chi connectivity index (χ1) is 19.1. The summed E-state index contributed by atoms with van der Waals surface area (Å²) in [7, 11) is 0. The summed E-state index contributed by atoms with van der Waals surface area (Å²) in [4.78, 5) is 24.2. The van der Waals surface area contributed by atoms with Gasteiger partial charge in [0, 0.05) is 60.0 Å². The Morgan fingerprint density at radius 1 is 1.20 bits per heavy atom. The lowest BCUT2D eigenvalue weighted by molar-refractivity contribution is -0.126. The molecule has 0 atom stereocenters. The quantitative estimate of drug-likeness (QED) is 0.258. The van der Waals surface area contributed by atoms with Gasteiger partial charge in [0.25, 0.3) is 5.56 Å². The van der Waals surface area contributed by atoms with Crippen LogP contribution in [0.15, 0.2) is 53.2 Å². The Balaban J connectivity index is 1.26. The lowest BCUT2D eigenvalue weighted by Gasteiger charge is -2.33. The van der Waals surface area contributed by atoms with Crippen molar-refractivity contribution in [3.8, 4) is 0 Å². The topological polar surface area (TPSA) is 113 Å². The third-order valence-corrected chi connectivity index (χ3v) is 8.41. The number of alkyl halides is 3. The number of aromatic nitrogens is 3. The van der Waals surface area contributed by atoms with Crippen LogP contribution in [-0.4, -0.2) is 51.0 Å². The van der Waals surface area contributed by atoms with Crippen LogP contribution in [0.5, 0.6) is 0 Å².